The molecule has 0 fully saturated rings. The smallest absolute Gasteiger partial charge is 0.228 e. The Morgan fingerprint density at radius 3 is 2.61 bits per heavy atom. The fraction of sp³-hybridized carbons (Fsp3) is 0.148. The Morgan fingerprint density at radius 1 is 1.00 bits per heavy atom. The number of hydrogen-bond donors (Lipinski definition) is 0. The van der Waals surface area contributed by atoms with E-state index in [9.17, 15) is 9.18 Å². The first-order chi connectivity index (χ1) is 15.0. The van der Waals surface area contributed by atoms with Crippen molar-refractivity contribution in [2.24, 2.45) is 0 Å². The summed E-state index contributed by atoms with van der Waals surface area (Å²) >= 11 is 3.47. The second-order valence-corrected chi connectivity index (χ2v) is 8.96. The van der Waals surface area contributed by atoms with Crippen molar-refractivity contribution in [2.45, 2.75) is 25.8 Å². The topological polar surface area (TPSA) is 20.3 Å². The molecule has 4 aromatic carbocycles. The molecule has 0 aromatic heterocycles. The number of fused-ring (bicyclic) bond motifs is 3. The predicted molar refractivity (Wildman–Crippen MR) is 127 cm³/mol. The Hall–Kier alpha value is -2.98. The highest BCUT2D eigenvalue weighted by atomic mass is 79.9. The number of anilines is 1. The molecule has 1 aliphatic rings. The summed E-state index contributed by atoms with van der Waals surface area (Å²) in [6.45, 7) is 2.56. The van der Waals surface area contributed by atoms with E-state index in [-0.39, 0.29) is 24.1 Å². The van der Waals surface area contributed by atoms with Crippen LogP contribution in [0.4, 0.5) is 10.1 Å². The minimum atomic E-state index is -0.334. The number of halogens is 2. The molecule has 1 unspecified atom stereocenters. The third kappa shape index (κ3) is 3.55. The van der Waals surface area contributed by atoms with Crippen LogP contribution in [0.5, 0.6) is 0 Å². The summed E-state index contributed by atoms with van der Waals surface area (Å²) in [7, 11) is 0. The van der Waals surface area contributed by atoms with Gasteiger partial charge < -0.3 is 4.90 Å². The van der Waals surface area contributed by atoms with Crippen LogP contribution in [0, 0.1) is 12.7 Å². The van der Waals surface area contributed by atoms with Gasteiger partial charge in [-0.25, -0.2) is 4.39 Å². The van der Waals surface area contributed by atoms with Gasteiger partial charge in [0.05, 0.1) is 6.54 Å². The standard InChI is InChI=1S/C27H21BrFNO/c1-17-6-2-3-8-19(17)16-30-25-13-10-18-7-4-5-9-21(18)27(25)23(15-26(30)31)22-14-20(28)11-12-24(22)29/h2-14,23H,15-16H2,1H3. The van der Waals surface area contributed by atoms with Gasteiger partial charge in [-0.15, -0.1) is 0 Å². The predicted octanol–water partition coefficient (Wildman–Crippen LogP) is 7.12. The summed E-state index contributed by atoms with van der Waals surface area (Å²) in [5.41, 5.74) is 4.70. The summed E-state index contributed by atoms with van der Waals surface area (Å²) in [5, 5.41) is 2.15. The van der Waals surface area contributed by atoms with Gasteiger partial charge in [-0.05, 0) is 64.2 Å². The summed E-state index contributed by atoms with van der Waals surface area (Å²) in [5.74, 6) is -0.609. The highest BCUT2D eigenvalue weighted by Gasteiger charge is 2.35. The quantitative estimate of drug-likeness (QED) is 0.310. The molecule has 1 aliphatic heterocycles. The molecule has 1 heterocycles. The maximum atomic E-state index is 14.9. The normalized spacial score (nSPS) is 15.9. The van der Waals surface area contributed by atoms with Crippen molar-refractivity contribution in [3.63, 3.8) is 0 Å². The van der Waals surface area contributed by atoms with E-state index in [4.69, 9.17) is 0 Å². The van der Waals surface area contributed by atoms with Crippen molar-refractivity contribution in [3.8, 4) is 0 Å². The summed E-state index contributed by atoms with van der Waals surface area (Å²) in [6, 6.07) is 25.3. The summed E-state index contributed by atoms with van der Waals surface area (Å²) in [6.07, 6.45) is 0.236. The number of aryl methyl sites for hydroxylation is 1. The molecular weight excluding hydrogens is 453 g/mol. The van der Waals surface area contributed by atoms with E-state index in [2.05, 4.69) is 47.1 Å². The molecule has 0 radical (unpaired) electrons. The molecule has 1 amide bonds. The van der Waals surface area contributed by atoms with Crippen molar-refractivity contribution in [1.29, 1.82) is 0 Å². The summed E-state index contributed by atoms with van der Waals surface area (Å²) < 4.78 is 15.7. The molecule has 1 atom stereocenters. The van der Waals surface area contributed by atoms with Gasteiger partial charge in [-0.1, -0.05) is 70.5 Å². The van der Waals surface area contributed by atoms with Crippen LogP contribution >= 0.6 is 15.9 Å². The lowest BCUT2D eigenvalue weighted by Crippen LogP contribution is -2.37. The highest BCUT2D eigenvalue weighted by molar-refractivity contribution is 9.10. The Kier molecular flexibility index (Phi) is 5.11. The molecule has 4 heteroatoms. The molecular formula is C27H21BrFNO. The molecule has 154 valence electrons. The molecule has 2 nitrogen and oxygen atoms in total. The lowest BCUT2D eigenvalue weighted by molar-refractivity contribution is -0.119. The second kappa shape index (κ2) is 7.93. The number of benzene rings is 4. The van der Waals surface area contributed by atoms with Gasteiger partial charge >= 0.3 is 0 Å². The van der Waals surface area contributed by atoms with Gasteiger partial charge in [0.2, 0.25) is 5.91 Å². The van der Waals surface area contributed by atoms with Crippen molar-refractivity contribution < 1.29 is 9.18 Å². The molecule has 4 aromatic rings. The van der Waals surface area contributed by atoms with Gasteiger partial charge in [0.15, 0.2) is 0 Å². The van der Waals surface area contributed by atoms with Crippen LogP contribution in [0.3, 0.4) is 0 Å². The van der Waals surface area contributed by atoms with Crippen molar-refractivity contribution in [1.82, 2.24) is 0 Å². The molecule has 0 N–H and O–H groups in total. The van der Waals surface area contributed by atoms with Gasteiger partial charge in [-0.2, -0.15) is 0 Å². The number of carbonyl (C=O) groups excluding carboxylic acids is 1. The van der Waals surface area contributed by atoms with E-state index in [1.807, 2.05) is 41.3 Å². The van der Waals surface area contributed by atoms with E-state index in [0.29, 0.717) is 12.1 Å². The number of rotatable bonds is 3. The van der Waals surface area contributed by atoms with Crippen molar-refractivity contribution >= 4 is 38.3 Å². The Morgan fingerprint density at radius 2 is 1.77 bits per heavy atom. The third-order valence-corrected chi connectivity index (χ3v) is 6.68. The molecule has 0 aliphatic carbocycles. The van der Waals surface area contributed by atoms with Crippen LogP contribution in [-0.2, 0) is 11.3 Å². The van der Waals surface area contributed by atoms with Crippen LogP contribution in [-0.4, -0.2) is 5.91 Å². The SMILES string of the molecule is Cc1ccccc1CN1C(=O)CC(c2cc(Br)ccc2F)c2c1ccc1ccccc21. The average molecular weight is 474 g/mol. The molecule has 31 heavy (non-hydrogen) atoms. The number of amides is 1. The molecule has 0 saturated heterocycles. The van der Waals surface area contributed by atoms with Crippen LogP contribution in [0.15, 0.2) is 83.3 Å². The minimum Gasteiger partial charge on any atom is -0.308 e. The van der Waals surface area contributed by atoms with E-state index in [1.165, 1.54) is 6.07 Å². The Balaban J connectivity index is 1.72. The van der Waals surface area contributed by atoms with E-state index in [0.717, 1.165) is 37.6 Å². The molecule has 0 saturated carbocycles. The molecule has 5 rings (SSSR count). The van der Waals surface area contributed by atoms with Crippen molar-refractivity contribution in [2.75, 3.05) is 4.90 Å². The monoisotopic (exact) mass is 473 g/mol. The lowest BCUT2D eigenvalue weighted by Gasteiger charge is -2.36. The van der Waals surface area contributed by atoms with Gasteiger partial charge in [0.25, 0.3) is 0 Å². The maximum absolute atomic E-state index is 14.9. The Bertz CT molecular complexity index is 1320. The number of hydrogen-bond acceptors (Lipinski definition) is 1. The summed E-state index contributed by atoms with van der Waals surface area (Å²) in [4.78, 5) is 15.2. The average Bonchev–Trinajstić information content (AvgIpc) is 2.78. The minimum absolute atomic E-state index is 0.00964. The Labute approximate surface area is 189 Å². The lowest BCUT2D eigenvalue weighted by atomic mass is 9.81. The highest BCUT2D eigenvalue weighted by Crippen LogP contribution is 2.45. The third-order valence-electron chi connectivity index (χ3n) is 6.19. The fourth-order valence-electron chi connectivity index (χ4n) is 4.59. The van der Waals surface area contributed by atoms with Gasteiger partial charge in [-0.3, -0.25) is 4.79 Å². The largest absolute Gasteiger partial charge is 0.308 e. The van der Waals surface area contributed by atoms with E-state index in [1.54, 1.807) is 12.1 Å². The van der Waals surface area contributed by atoms with Crippen LogP contribution in [0.1, 0.15) is 34.6 Å². The van der Waals surface area contributed by atoms with Crippen LogP contribution in [0.25, 0.3) is 10.8 Å². The second-order valence-electron chi connectivity index (χ2n) is 8.05. The molecule has 0 bridgehead atoms. The first kappa shape index (κ1) is 20.0. The van der Waals surface area contributed by atoms with E-state index >= 15 is 0 Å². The zero-order valence-electron chi connectivity index (χ0n) is 17.1. The number of nitrogens with zero attached hydrogens (tertiary/aromatic N) is 1. The van der Waals surface area contributed by atoms with Gasteiger partial charge in [0.1, 0.15) is 5.82 Å². The number of carbonyl (C=O) groups is 1. The maximum Gasteiger partial charge on any atom is 0.228 e. The molecule has 0 spiro atoms. The van der Waals surface area contributed by atoms with Crippen LogP contribution in [0.2, 0.25) is 0 Å². The van der Waals surface area contributed by atoms with E-state index < -0.39 is 0 Å². The fourth-order valence-corrected chi connectivity index (χ4v) is 4.96. The first-order valence-corrected chi connectivity index (χ1v) is 11.1. The van der Waals surface area contributed by atoms with Gasteiger partial charge in [0, 0.05) is 22.5 Å². The zero-order chi connectivity index (χ0) is 21.5. The first-order valence-electron chi connectivity index (χ1n) is 10.3. The van der Waals surface area contributed by atoms with Crippen molar-refractivity contribution in [3.05, 3.63) is 111 Å². The van der Waals surface area contributed by atoms with Crippen LogP contribution < -0.4 is 4.90 Å². The zero-order valence-corrected chi connectivity index (χ0v) is 18.7.